The maximum atomic E-state index is 12.9. The van der Waals surface area contributed by atoms with Crippen LogP contribution in [0, 0.1) is 0 Å². The molecule has 0 aliphatic carbocycles. The normalized spacial score (nSPS) is 12.5. The number of methoxy groups -OCH3 is 1. The second-order valence-corrected chi connectivity index (χ2v) is 6.82. The molecule has 7 nitrogen and oxygen atoms in total. The molecule has 8 heteroatoms. The third-order valence-corrected chi connectivity index (χ3v) is 5.03. The molecule has 0 bridgehead atoms. The summed E-state index contributed by atoms with van der Waals surface area (Å²) in [5.41, 5.74) is 1.68. The van der Waals surface area contributed by atoms with E-state index in [9.17, 15) is 4.79 Å². The molecule has 3 aromatic rings. The summed E-state index contributed by atoms with van der Waals surface area (Å²) < 4.78 is 18.2. The van der Waals surface area contributed by atoms with Crippen LogP contribution < -0.4 is 19.5 Å². The van der Waals surface area contributed by atoms with E-state index in [-0.39, 0.29) is 11.6 Å². The van der Waals surface area contributed by atoms with E-state index < -0.39 is 0 Å². The molecule has 0 radical (unpaired) electrons. The van der Waals surface area contributed by atoms with Gasteiger partial charge in [-0.15, -0.1) is 11.8 Å². The first kappa shape index (κ1) is 18.2. The summed E-state index contributed by atoms with van der Waals surface area (Å²) in [5, 5.41) is 7.32. The van der Waals surface area contributed by atoms with Gasteiger partial charge in [-0.1, -0.05) is 18.2 Å². The molecule has 1 N–H and O–H groups in total. The lowest BCUT2D eigenvalue weighted by Crippen LogP contribution is -2.17. The minimum Gasteiger partial charge on any atom is -0.493 e. The van der Waals surface area contributed by atoms with Crippen LogP contribution in [0.2, 0.25) is 0 Å². The first-order valence-corrected chi connectivity index (χ1v) is 9.90. The molecule has 0 saturated carbocycles. The first-order valence-electron chi connectivity index (χ1n) is 8.67. The molecule has 1 aliphatic heterocycles. The number of ether oxygens (including phenoxy) is 3. The van der Waals surface area contributed by atoms with Gasteiger partial charge in [-0.25, -0.2) is 4.68 Å². The van der Waals surface area contributed by atoms with Gasteiger partial charge in [0.05, 0.1) is 24.7 Å². The summed E-state index contributed by atoms with van der Waals surface area (Å²) in [5.74, 6) is 1.32. The Morgan fingerprint density at radius 2 is 1.89 bits per heavy atom. The van der Waals surface area contributed by atoms with Crippen molar-refractivity contribution in [1.82, 2.24) is 9.78 Å². The van der Waals surface area contributed by atoms with Crippen molar-refractivity contribution in [2.75, 3.05) is 31.9 Å². The van der Waals surface area contributed by atoms with Crippen LogP contribution in [-0.4, -0.2) is 42.3 Å². The van der Waals surface area contributed by atoms with Crippen molar-refractivity contribution in [1.29, 1.82) is 0 Å². The number of para-hydroxylation sites is 1. The molecule has 1 aromatic heterocycles. The summed E-state index contributed by atoms with van der Waals surface area (Å²) in [4.78, 5) is 13.8. The van der Waals surface area contributed by atoms with Crippen molar-refractivity contribution in [2.45, 2.75) is 4.90 Å². The first-order chi connectivity index (χ1) is 13.7. The van der Waals surface area contributed by atoms with Crippen LogP contribution >= 0.6 is 11.8 Å². The smallest absolute Gasteiger partial charge is 0.280 e. The Hall–Kier alpha value is -3.13. The Morgan fingerprint density at radius 3 is 2.57 bits per heavy atom. The number of amides is 1. The molecule has 2 aromatic carbocycles. The number of hydrogen-bond donors (Lipinski definition) is 1. The molecule has 0 unspecified atom stereocenters. The van der Waals surface area contributed by atoms with Gasteiger partial charge in [0.25, 0.3) is 5.91 Å². The standard InChI is InChI=1S/C20H19N3O4S/c1-25-17-12-23(13-6-4-3-5-7-13)22-19(17)20(24)21-14-10-15-16(11-18(14)28-2)27-9-8-26-15/h3-7,10-12H,8-9H2,1-2H3,(H,21,24). The van der Waals surface area contributed by atoms with Crippen molar-refractivity contribution in [3.8, 4) is 22.9 Å². The van der Waals surface area contributed by atoms with E-state index in [1.807, 2.05) is 42.7 Å². The lowest BCUT2D eigenvalue weighted by molar-refractivity contribution is 0.101. The SMILES string of the molecule is COc1cn(-c2ccccc2)nc1C(=O)Nc1cc2c(cc1SC)OCCO2. The number of aromatic nitrogens is 2. The van der Waals surface area contributed by atoms with Crippen LogP contribution in [0.4, 0.5) is 5.69 Å². The molecule has 4 rings (SSSR count). The van der Waals surface area contributed by atoms with Crippen molar-refractivity contribution in [2.24, 2.45) is 0 Å². The molecule has 0 spiro atoms. The minimum absolute atomic E-state index is 0.202. The van der Waals surface area contributed by atoms with Crippen LogP contribution in [0.3, 0.4) is 0 Å². The molecule has 0 saturated heterocycles. The number of thioether (sulfide) groups is 1. The highest BCUT2D eigenvalue weighted by atomic mass is 32.2. The fourth-order valence-electron chi connectivity index (χ4n) is 2.90. The third kappa shape index (κ3) is 3.50. The Kier molecular flexibility index (Phi) is 5.12. The van der Waals surface area contributed by atoms with Gasteiger partial charge in [-0.3, -0.25) is 4.79 Å². The lowest BCUT2D eigenvalue weighted by atomic mass is 10.2. The van der Waals surface area contributed by atoms with E-state index in [1.165, 1.54) is 18.9 Å². The van der Waals surface area contributed by atoms with Gasteiger partial charge < -0.3 is 19.5 Å². The van der Waals surface area contributed by atoms with E-state index in [0.29, 0.717) is 36.1 Å². The fourth-order valence-corrected chi connectivity index (χ4v) is 3.45. The maximum absolute atomic E-state index is 12.9. The summed E-state index contributed by atoms with van der Waals surface area (Å²) in [6.45, 7) is 0.995. The molecular weight excluding hydrogens is 378 g/mol. The Morgan fingerprint density at radius 1 is 1.18 bits per heavy atom. The van der Waals surface area contributed by atoms with E-state index >= 15 is 0 Å². The van der Waals surface area contributed by atoms with Gasteiger partial charge in [0.2, 0.25) is 0 Å². The topological polar surface area (TPSA) is 74.6 Å². The quantitative estimate of drug-likeness (QED) is 0.663. The van der Waals surface area contributed by atoms with Crippen molar-refractivity contribution in [3.63, 3.8) is 0 Å². The lowest BCUT2D eigenvalue weighted by Gasteiger charge is -2.20. The predicted octanol–water partition coefficient (Wildman–Crippen LogP) is 3.63. The van der Waals surface area contributed by atoms with E-state index in [1.54, 1.807) is 16.9 Å². The van der Waals surface area contributed by atoms with Crippen LogP contribution in [0.25, 0.3) is 5.69 Å². The van der Waals surface area contributed by atoms with E-state index in [0.717, 1.165) is 10.6 Å². The zero-order valence-electron chi connectivity index (χ0n) is 15.5. The monoisotopic (exact) mass is 397 g/mol. The fraction of sp³-hybridized carbons (Fsp3) is 0.200. The number of anilines is 1. The molecular formula is C20H19N3O4S. The average molecular weight is 397 g/mol. The summed E-state index contributed by atoms with van der Waals surface area (Å²) in [6.07, 6.45) is 3.62. The summed E-state index contributed by atoms with van der Waals surface area (Å²) in [6, 6.07) is 13.2. The molecule has 144 valence electrons. The second-order valence-electron chi connectivity index (χ2n) is 5.98. The highest BCUT2D eigenvalue weighted by molar-refractivity contribution is 7.98. The zero-order chi connectivity index (χ0) is 19.5. The average Bonchev–Trinajstić information content (AvgIpc) is 3.18. The second kappa shape index (κ2) is 7.85. The molecule has 1 amide bonds. The van der Waals surface area contributed by atoms with Crippen molar-refractivity contribution >= 4 is 23.4 Å². The van der Waals surface area contributed by atoms with Crippen molar-refractivity contribution in [3.05, 3.63) is 54.4 Å². The van der Waals surface area contributed by atoms with Gasteiger partial charge >= 0.3 is 0 Å². The highest BCUT2D eigenvalue weighted by Crippen LogP contribution is 2.39. The maximum Gasteiger partial charge on any atom is 0.280 e. The molecule has 2 heterocycles. The van der Waals surface area contributed by atoms with E-state index in [4.69, 9.17) is 14.2 Å². The molecule has 0 fully saturated rings. The van der Waals surface area contributed by atoms with Gasteiger partial charge in [0.1, 0.15) is 13.2 Å². The number of nitrogens with zero attached hydrogens (tertiary/aromatic N) is 2. The number of carbonyl (C=O) groups excluding carboxylic acids is 1. The number of fused-ring (bicyclic) bond motifs is 1. The van der Waals surface area contributed by atoms with Crippen LogP contribution in [0.1, 0.15) is 10.5 Å². The molecule has 28 heavy (non-hydrogen) atoms. The number of carbonyl (C=O) groups is 1. The van der Waals surface area contributed by atoms with Crippen LogP contribution in [0.15, 0.2) is 53.6 Å². The summed E-state index contributed by atoms with van der Waals surface area (Å²) in [7, 11) is 1.51. The number of rotatable bonds is 5. The van der Waals surface area contributed by atoms with E-state index in [2.05, 4.69) is 10.4 Å². The number of hydrogen-bond acceptors (Lipinski definition) is 6. The van der Waals surface area contributed by atoms with Gasteiger partial charge in [-0.2, -0.15) is 5.10 Å². The highest BCUT2D eigenvalue weighted by Gasteiger charge is 2.22. The van der Waals surface area contributed by atoms with Crippen molar-refractivity contribution < 1.29 is 19.0 Å². The van der Waals surface area contributed by atoms with Gasteiger partial charge in [-0.05, 0) is 24.5 Å². The number of benzene rings is 2. The largest absolute Gasteiger partial charge is 0.493 e. The predicted molar refractivity (Wildman–Crippen MR) is 107 cm³/mol. The Labute approximate surface area is 166 Å². The van der Waals surface area contributed by atoms with Crippen LogP contribution in [0.5, 0.6) is 17.2 Å². The Bertz CT molecular complexity index is 1000. The zero-order valence-corrected chi connectivity index (χ0v) is 16.3. The Balaban J connectivity index is 1.65. The molecule has 0 atom stereocenters. The summed E-state index contributed by atoms with van der Waals surface area (Å²) >= 11 is 1.51. The van der Waals surface area contributed by atoms with Crippen LogP contribution in [-0.2, 0) is 0 Å². The van der Waals surface area contributed by atoms with Gasteiger partial charge in [0.15, 0.2) is 22.9 Å². The van der Waals surface area contributed by atoms with Gasteiger partial charge in [0, 0.05) is 11.0 Å². The third-order valence-electron chi connectivity index (χ3n) is 4.25. The minimum atomic E-state index is -0.362. The number of nitrogens with one attached hydrogen (secondary N) is 1. The molecule has 1 aliphatic rings.